The van der Waals surface area contributed by atoms with E-state index in [1.807, 2.05) is 12.1 Å². The summed E-state index contributed by atoms with van der Waals surface area (Å²) in [6.07, 6.45) is 0.827. The van der Waals surface area contributed by atoms with Crippen molar-refractivity contribution in [2.24, 2.45) is 5.92 Å². The second-order valence-electron chi connectivity index (χ2n) is 3.65. The average molecular weight is 166 g/mol. The Morgan fingerprint density at radius 3 is 2.58 bits per heavy atom. The highest BCUT2D eigenvalue weighted by Crippen LogP contribution is 2.15. The molecule has 0 N–H and O–H groups in total. The van der Waals surface area contributed by atoms with Crippen molar-refractivity contribution in [1.29, 1.82) is 0 Å². The van der Waals surface area contributed by atoms with E-state index in [0.717, 1.165) is 17.5 Å². The van der Waals surface area contributed by atoms with Gasteiger partial charge >= 0.3 is 0 Å². The Labute approximate surface area is 73.4 Å². The molecule has 1 aromatic carbocycles. The summed E-state index contributed by atoms with van der Waals surface area (Å²) < 4.78 is 13.4. The summed E-state index contributed by atoms with van der Waals surface area (Å²) in [6, 6.07) is 5.58. The van der Waals surface area contributed by atoms with E-state index in [4.69, 9.17) is 0 Å². The molecule has 0 aliphatic rings. The number of hydrogen-bond acceptors (Lipinski definition) is 0. The molecule has 0 bridgehead atoms. The summed E-state index contributed by atoms with van der Waals surface area (Å²) in [5.41, 5.74) is 1.58. The molecule has 0 aromatic heterocycles. The first-order chi connectivity index (χ1) is 5.61. The molecule has 0 aliphatic carbocycles. The van der Waals surface area contributed by atoms with Gasteiger partial charge in [0.15, 0.2) is 0 Å². The largest absolute Gasteiger partial charge is 0.206 e. The van der Waals surface area contributed by atoms with Gasteiger partial charge in [0.1, 0.15) is 5.82 Å². The average Bonchev–Trinajstić information content (AvgIpc) is 1.98. The molecule has 12 heavy (non-hydrogen) atoms. The van der Waals surface area contributed by atoms with Gasteiger partial charge in [0, 0.05) is 0 Å². The third kappa shape index (κ3) is 2.07. The number of benzene rings is 1. The number of aryl methyl sites for hydroxylation is 1. The van der Waals surface area contributed by atoms with Crippen LogP contribution in [0, 0.1) is 18.7 Å². The second-order valence-corrected chi connectivity index (χ2v) is 3.65. The van der Waals surface area contributed by atoms with Crippen LogP contribution in [0.25, 0.3) is 0 Å². The molecule has 0 unspecified atom stereocenters. The van der Waals surface area contributed by atoms with Gasteiger partial charge in [0.2, 0.25) is 0 Å². The highest BCUT2D eigenvalue weighted by atomic mass is 19.1. The van der Waals surface area contributed by atoms with Gasteiger partial charge in [0.25, 0.3) is 0 Å². The maximum absolute atomic E-state index is 13.4. The Kier molecular flexibility index (Phi) is 2.85. The normalized spacial score (nSPS) is 10.8. The van der Waals surface area contributed by atoms with Gasteiger partial charge in [-0.15, -0.1) is 0 Å². The van der Waals surface area contributed by atoms with Crippen LogP contribution in [0.2, 0.25) is 0 Å². The van der Waals surface area contributed by atoms with Crippen molar-refractivity contribution in [3.63, 3.8) is 0 Å². The van der Waals surface area contributed by atoms with Crippen LogP contribution >= 0.6 is 0 Å². The van der Waals surface area contributed by atoms with Gasteiger partial charge in [0.05, 0.1) is 0 Å². The zero-order valence-corrected chi connectivity index (χ0v) is 7.89. The molecule has 0 atom stereocenters. The zero-order valence-electron chi connectivity index (χ0n) is 7.89. The van der Waals surface area contributed by atoms with Gasteiger partial charge in [-0.05, 0) is 30.4 Å². The summed E-state index contributed by atoms with van der Waals surface area (Å²) in [5, 5.41) is 0. The molecular weight excluding hydrogens is 151 g/mol. The van der Waals surface area contributed by atoms with Gasteiger partial charge in [-0.1, -0.05) is 32.0 Å². The summed E-state index contributed by atoms with van der Waals surface area (Å²) in [5.74, 6) is 0.479. The molecule has 0 nitrogen and oxygen atoms in total. The SMILES string of the molecule is Cc1cccc(CC(C)C)c1F. The minimum atomic E-state index is -0.0359. The topological polar surface area (TPSA) is 0 Å². The predicted octanol–water partition coefficient (Wildman–Crippen LogP) is 3.33. The van der Waals surface area contributed by atoms with Crippen molar-refractivity contribution in [3.05, 3.63) is 35.1 Å². The fourth-order valence-electron chi connectivity index (χ4n) is 1.31. The molecule has 0 saturated carbocycles. The van der Waals surface area contributed by atoms with Gasteiger partial charge in [-0.3, -0.25) is 0 Å². The van der Waals surface area contributed by atoms with Crippen molar-refractivity contribution in [1.82, 2.24) is 0 Å². The molecule has 1 rings (SSSR count). The second kappa shape index (κ2) is 3.70. The lowest BCUT2D eigenvalue weighted by atomic mass is 10.0. The van der Waals surface area contributed by atoms with Crippen LogP contribution in [0.3, 0.4) is 0 Å². The monoisotopic (exact) mass is 166 g/mol. The van der Waals surface area contributed by atoms with E-state index < -0.39 is 0 Å². The molecule has 0 fully saturated rings. The van der Waals surface area contributed by atoms with Gasteiger partial charge in [-0.25, -0.2) is 4.39 Å². The summed E-state index contributed by atoms with van der Waals surface area (Å²) >= 11 is 0. The third-order valence-corrected chi connectivity index (χ3v) is 1.90. The van der Waals surface area contributed by atoms with E-state index in [-0.39, 0.29) is 5.82 Å². The Morgan fingerprint density at radius 2 is 2.00 bits per heavy atom. The molecule has 0 radical (unpaired) electrons. The maximum atomic E-state index is 13.4. The van der Waals surface area contributed by atoms with Crippen LogP contribution in [0.15, 0.2) is 18.2 Å². The Balaban J connectivity index is 2.92. The van der Waals surface area contributed by atoms with E-state index in [0.29, 0.717) is 5.92 Å². The number of rotatable bonds is 2. The first kappa shape index (κ1) is 9.24. The molecule has 0 spiro atoms. The maximum Gasteiger partial charge on any atom is 0.129 e. The first-order valence-electron chi connectivity index (χ1n) is 4.35. The van der Waals surface area contributed by atoms with Crippen LogP contribution in [0.1, 0.15) is 25.0 Å². The molecule has 0 aliphatic heterocycles. The highest BCUT2D eigenvalue weighted by Gasteiger charge is 2.05. The van der Waals surface area contributed by atoms with Gasteiger partial charge in [-0.2, -0.15) is 0 Å². The Bertz CT molecular complexity index is 264. The molecule has 66 valence electrons. The lowest BCUT2D eigenvalue weighted by molar-refractivity contribution is 0.568. The summed E-state index contributed by atoms with van der Waals surface area (Å²) in [6.45, 7) is 6.00. The summed E-state index contributed by atoms with van der Waals surface area (Å²) in [4.78, 5) is 0. The molecule has 1 heteroatoms. The minimum Gasteiger partial charge on any atom is -0.206 e. The summed E-state index contributed by atoms with van der Waals surface area (Å²) in [7, 11) is 0. The zero-order chi connectivity index (χ0) is 9.14. The van der Waals surface area contributed by atoms with Crippen LogP contribution in [-0.2, 0) is 6.42 Å². The fourth-order valence-corrected chi connectivity index (χ4v) is 1.31. The molecule has 0 heterocycles. The quantitative estimate of drug-likeness (QED) is 0.632. The van der Waals surface area contributed by atoms with Crippen molar-refractivity contribution in [3.8, 4) is 0 Å². The van der Waals surface area contributed by atoms with Crippen LogP contribution < -0.4 is 0 Å². The Morgan fingerprint density at radius 1 is 1.33 bits per heavy atom. The van der Waals surface area contributed by atoms with Crippen LogP contribution in [0.5, 0.6) is 0 Å². The van der Waals surface area contributed by atoms with E-state index >= 15 is 0 Å². The van der Waals surface area contributed by atoms with E-state index in [1.54, 1.807) is 13.0 Å². The van der Waals surface area contributed by atoms with Crippen molar-refractivity contribution >= 4 is 0 Å². The lowest BCUT2D eigenvalue weighted by Crippen LogP contribution is -1.98. The van der Waals surface area contributed by atoms with E-state index in [2.05, 4.69) is 13.8 Å². The number of hydrogen-bond donors (Lipinski definition) is 0. The van der Waals surface area contributed by atoms with E-state index in [9.17, 15) is 4.39 Å². The standard InChI is InChI=1S/C11H15F/c1-8(2)7-10-6-4-5-9(3)11(10)12/h4-6,8H,7H2,1-3H3. The predicted molar refractivity (Wildman–Crippen MR) is 49.7 cm³/mol. The van der Waals surface area contributed by atoms with Crippen molar-refractivity contribution in [2.75, 3.05) is 0 Å². The van der Waals surface area contributed by atoms with Crippen LogP contribution in [0.4, 0.5) is 4.39 Å². The molecular formula is C11H15F. The first-order valence-corrected chi connectivity index (χ1v) is 4.35. The van der Waals surface area contributed by atoms with Crippen molar-refractivity contribution < 1.29 is 4.39 Å². The lowest BCUT2D eigenvalue weighted by Gasteiger charge is -2.07. The number of halogens is 1. The Hall–Kier alpha value is -0.850. The van der Waals surface area contributed by atoms with E-state index in [1.165, 1.54) is 0 Å². The molecule has 0 saturated heterocycles. The smallest absolute Gasteiger partial charge is 0.129 e. The van der Waals surface area contributed by atoms with Crippen molar-refractivity contribution in [2.45, 2.75) is 27.2 Å². The fraction of sp³-hybridized carbons (Fsp3) is 0.455. The van der Waals surface area contributed by atoms with Gasteiger partial charge < -0.3 is 0 Å². The minimum absolute atomic E-state index is 0.0359. The highest BCUT2D eigenvalue weighted by molar-refractivity contribution is 5.25. The third-order valence-electron chi connectivity index (χ3n) is 1.90. The van der Waals surface area contributed by atoms with Crippen LogP contribution in [-0.4, -0.2) is 0 Å². The molecule has 1 aromatic rings. The molecule has 0 amide bonds.